The summed E-state index contributed by atoms with van der Waals surface area (Å²) in [6.45, 7) is 4.71. The number of hydrogen-bond donors (Lipinski definition) is 1. The lowest BCUT2D eigenvalue weighted by atomic mass is 10.1. The lowest BCUT2D eigenvalue weighted by Gasteiger charge is -2.07. The Bertz CT molecular complexity index is 1120. The summed E-state index contributed by atoms with van der Waals surface area (Å²) in [4.78, 5) is 17.5. The van der Waals surface area contributed by atoms with Crippen LogP contribution in [0.5, 0.6) is 5.75 Å². The number of nitrogens with zero attached hydrogens (tertiary/aromatic N) is 1. The van der Waals surface area contributed by atoms with Gasteiger partial charge in [0.05, 0.1) is 10.6 Å². The molecule has 3 aromatic rings. The molecule has 1 amide bonds. The molecule has 1 saturated heterocycles. The Labute approximate surface area is 187 Å². The molecule has 0 aliphatic carbocycles. The van der Waals surface area contributed by atoms with Crippen LogP contribution in [0.3, 0.4) is 0 Å². The maximum absolute atomic E-state index is 12.3. The molecule has 4 rings (SSSR count). The number of hydrogen-bond acceptors (Lipinski definition) is 4. The van der Waals surface area contributed by atoms with Crippen LogP contribution in [-0.4, -0.2) is 11.1 Å². The van der Waals surface area contributed by atoms with Gasteiger partial charge in [-0.3, -0.25) is 4.79 Å². The third-order valence-electron chi connectivity index (χ3n) is 4.93. The summed E-state index contributed by atoms with van der Waals surface area (Å²) in [7, 11) is 0. The van der Waals surface area contributed by atoms with Gasteiger partial charge in [0.2, 0.25) is 0 Å². The van der Waals surface area contributed by atoms with E-state index in [-0.39, 0.29) is 5.91 Å². The molecular weight excluding hydrogens is 404 g/mol. The van der Waals surface area contributed by atoms with Crippen LogP contribution in [0.15, 0.2) is 82.7 Å². The monoisotopic (exact) mass is 428 g/mol. The number of rotatable bonds is 6. The smallest absolute Gasteiger partial charge is 0.264 e. The fourth-order valence-corrected chi connectivity index (χ4v) is 3.91. The minimum absolute atomic E-state index is 0.131. The van der Waals surface area contributed by atoms with Crippen molar-refractivity contribution in [3.05, 3.63) is 100.0 Å². The van der Waals surface area contributed by atoms with E-state index >= 15 is 0 Å². The van der Waals surface area contributed by atoms with Crippen LogP contribution in [-0.2, 0) is 17.8 Å². The van der Waals surface area contributed by atoms with E-state index in [1.165, 1.54) is 22.9 Å². The number of aliphatic imine (C=N–C) groups is 1. The van der Waals surface area contributed by atoms with Crippen LogP contribution in [0.25, 0.3) is 6.08 Å². The van der Waals surface area contributed by atoms with E-state index in [4.69, 9.17) is 4.74 Å². The third-order valence-corrected chi connectivity index (χ3v) is 5.84. The zero-order chi connectivity index (χ0) is 21.6. The van der Waals surface area contributed by atoms with E-state index in [2.05, 4.69) is 60.6 Å². The second kappa shape index (κ2) is 9.67. The molecule has 1 fully saturated rings. The van der Waals surface area contributed by atoms with E-state index in [1.807, 2.05) is 42.5 Å². The Kier molecular flexibility index (Phi) is 6.53. The predicted octanol–water partition coefficient (Wildman–Crippen LogP) is 6.03. The Morgan fingerprint density at radius 2 is 1.61 bits per heavy atom. The van der Waals surface area contributed by atoms with Gasteiger partial charge in [-0.05, 0) is 72.1 Å². The first-order valence-corrected chi connectivity index (χ1v) is 11.1. The number of amides is 1. The van der Waals surface area contributed by atoms with Crippen molar-refractivity contribution < 1.29 is 9.53 Å². The second-order valence-corrected chi connectivity index (χ2v) is 8.38. The van der Waals surface area contributed by atoms with Gasteiger partial charge in [-0.1, -0.05) is 61.0 Å². The number of nitrogens with one attached hydrogen (secondary N) is 1. The van der Waals surface area contributed by atoms with Gasteiger partial charge in [-0.25, -0.2) is 4.99 Å². The summed E-state index contributed by atoms with van der Waals surface area (Å²) in [6.07, 6.45) is 2.86. The minimum atomic E-state index is -0.131. The van der Waals surface area contributed by atoms with Crippen molar-refractivity contribution in [2.24, 2.45) is 4.99 Å². The maximum Gasteiger partial charge on any atom is 0.264 e. The zero-order valence-electron chi connectivity index (χ0n) is 17.6. The molecule has 1 aliphatic heterocycles. The molecule has 0 spiro atoms. The first-order chi connectivity index (χ1) is 15.1. The van der Waals surface area contributed by atoms with Gasteiger partial charge in [-0.15, -0.1) is 0 Å². The lowest BCUT2D eigenvalue weighted by molar-refractivity contribution is -0.115. The zero-order valence-corrected chi connectivity index (χ0v) is 18.4. The van der Waals surface area contributed by atoms with Crippen molar-refractivity contribution in [1.82, 2.24) is 5.32 Å². The van der Waals surface area contributed by atoms with Crippen molar-refractivity contribution in [2.45, 2.75) is 26.9 Å². The summed E-state index contributed by atoms with van der Waals surface area (Å²) in [6, 6.07) is 24.1. The van der Waals surface area contributed by atoms with Gasteiger partial charge in [0.25, 0.3) is 5.91 Å². The highest BCUT2D eigenvalue weighted by molar-refractivity contribution is 8.18. The molecule has 0 atom stereocenters. The fourth-order valence-electron chi connectivity index (χ4n) is 3.07. The number of thioether (sulfide) groups is 1. The maximum atomic E-state index is 12.3. The van der Waals surface area contributed by atoms with Crippen molar-refractivity contribution >= 4 is 34.6 Å². The van der Waals surface area contributed by atoms with Crippen LogP contribution in [0.4, 0.5) is 5.69 Å². The quantitative estimate of drug-likeness (QED) is 0.488. The molecule has 1 N–H and O–H groups in total. The molecule has 5 heteroatoms. The molecule has 31 heavy (non-hydrogen) atoms. The minimum Gasteiger partial charge on any atom is -0.489 e. The predicted molar refractivity (Wildman–Crippen MR) is 129 cm³/mol. The molecule has 0 unspecified atom stereocenters. The van der Waals surface area contributed by atoms with E-state index in [0.717, 1.165) is 29.0 Å². The number of carbonyl (C=O) groups is 1. The van der Waals surface area contributed by atoms with E-state index in [1.54, 1.807) is 0 Å². The molecule has 0 saturated carbocycles. The molecule has 0 aromatic heterocycles. The van der Waals surface area contributed by atoms with Crippen molar-refractivity contribution in [3.63, 3.8) is 0 Å². The molecule has 0 bridgehead atoms. The van der Waals surface area contributed by atoms with Crippen LogP contribution < -0.4 is 10.1 Å². The normalized spacial score (nSPS) is 16.0. The highest BCUT2D eigenvalue weighted by Crippen LogP contribution is 2.28. The summed E-state index contributed by atoms with van der Waals surface area (Å²) in [5.41, 5.74) is 5.40. The number of benzene rings is 3. The third kappa shape index (κ3) is 5.64. The van der Waals surface area contributed by atoms with E-state index in [9.17, 15) is 4.79 Å². The number of aryl methyl sites for hydroxylation is 2. The Hall–Kier alpha value is -3.31. The standard InChI is InChI=1S/C26H24N2O2S/c1-3-19-8-12-22(13-9-19)27-26-28-25(29)24(31-26)16-20-10-14-23(15-11-20)30-17-21-6-4-18(2)5-7-21/h4-16H,3,17H2,1-2H3,(H,27,28,29)/b24-16-. The average molecular weight is 429 g/mol. The van der Waals surface area contributed by atoms with Crippen LogP contribution in [0, 0.1) is 6.92 Å². The van der Waals surface area contributed by atoms with Gasteiger partial charge in [0.1, 0.15) is 12.4 Å². The summed E-state index contributed by atoms with van der Waals surface area (Å²) < 4.78 is 5.85. The number of ether oxygens (including phenoxy) is 1. The van der Waals surface area contributed by atoms with E-state index < -0.39 is 0 Å². The summed E-state index contributed by atoms with van der Waals surface area (Å²) >= 11 is 1.35. The van der Waals surface area contributed by atoms with Crippen molar-refractivity contribution in [3.8, 4) is 5.75 Å². The first-order valence-electron chi connectivity index (χ1n) is 10.3. The van der Waals surface area contributed by atoms with Gasteiger partial charge in [0, 0.05) is 0 Å². The van der Waals surface area contributed by atoms with Gasteiger partial charge in [0.15, 0.2) is 5.17 Å². The molecule has 3 aromatic carbocycles. The summed E-state index contributed by atoms with van der Waals surface area (Å²) in [5, 5.41) is 3.43. The second-order valence-electron chi connectivity index (χ2n) is 7.35. The van der Waals surface area contributed by atoms with Crippen LogP contribution in [0.2, 0.25) is 0 Å². The largest absolute Gasteiger partial charge is 0.489 e. The SMILES string of the molecule is CCc1ccc(N=C2NC(=O)/C(=C/c3ccc(OCc4ccc(C)cc4)cc3)S2)cc1. The van der Waals surface area contributed by atoms with E-state index in [0.29, 0.717) is 16.7 Å². The number of amidine groups is 1. The van der Waals surface area contributed by atoms with Crippen LogP contribution in [0.1, 0.15) is 29.2 Å². The van der Waals surface area contributed by atoms with Gasteiger partial charge < -0.3 is 10.1 Å². The highest BCUT2D eigenvalue weighted by atomic mass is 32.2. The van der Waals surface area contributed by atoms with Gasteiger partial charge >= 0.3 is 0 Å². The molecule has 1 aliphatic rings. The Morgan fingerprint density at radius 1 is 0.935 bits per heavy atom. The van der Waals surface area contributed by atoms with Crippen molar-refractivity contribution in [1.29, 1.82) is 0 Å². The Morgan fingerprint density at radius 3 is 2.29 bits per heavy atom. The first kappa shape index (κ1) is 20.9. The fraction of sp³-hybridized carbons (Fsp3) is 0.154. The lowest BCUT2D eigenvalue weighted by Crippen LogP contribution is -2.19. The summed E-state index contributed by atoms with van der Waals surface area (Å²) in [5.74, 6) is 0.664. The topological polar surface area (TPSA) is 50.7 Å². The average Bonchev–Trinajstić information content (AvgIpc) is 3.13. The number of carbonyl (C=O) groups excluding carboxylic acids is 1. The van der Waals surface area contributed by atoms with Crippen molar-refractivity contribution in [2.75, 3.05) is 0 Å². The highest BCUT2D eigenvalue weighted by Gasteiger charge is 2.23. The molecular formula is C26H24N2O2S. The Balaban J connectivity index is 1.39. The molecule has 0 radical (unpaired) electrons. The molecule has 4 nitrogen and oxygen atoms in total. The molecule has 1 heterocycles. The van der Waals surface area contributed by atoms with Gasteiger partial charge in [-0.2, -0.15) is 0 Å². The molecule has 156 valence electrons. The van der Waals surface area contributed by atoms with Crippen LogP contribution >= 0.6 is 11.8 Å².